The van der Waals surface area contributed by atoms with Crippen molar-refractivity contribution in [3.8, 4) is 28.6 Å². The molecule has 5 rings (SSSR count). The maximum Gasteiger partial charge on any atom is 0.244 e. The van der Waals surface area contributed by atoms with Crippen LogP contribution in [-0.2, 0) is 9.59 Å². The number of carbonyl (C=O) groups is 2. The molecule has 10 heteroatoms. The molecule has 3 aromatic carbocycles. The molecule has 1 aliphatic rings. The number of fused-ring (bicyclic) bond motifs is 1. The van der Waals surface area contributed by atoms with Gasteiger partial charge in [-0.2, -0.15) is 0 Å². The van der Waals surface area contributed by atoms with Crippen LogP contribution in [0.15, 0.2) is 78.0 Å². The molecule has 0 fully saturated rings. The Labute approximate surface area is 218 Å². The molecule has 0 aliphatic carbocycles. The van der Waals surface area contributed by atoms with E-state index in [1.165, 1.54) is 16.7 Å². The van der Waals surface area contributed by atoms with Gasteiger partial charge in [-0.25, -0.2) is 0 Å². The van der Waals surface area contributed by atoms with Gasteiger partial charge in [-0.3, -0.25) is 14.2 Å². The zero-order valence-corrected chi connectivity index (χ0v) is 21.2. The number of hydrogen-bond donors (Lipinski definition) is 1. The van der Waals surface area contributed by atoms with E-state index in [1.54, 1.807) is 13.2 Å². The van der Waals surface area contributed by atoms with Crippen LogP contribution in [0.4, 0.5) is 11.4 Å². The number of nitrogens with zero attached hydrogens (tertiary/aromatic N) is 4. The Hall–Kier alpha value is -4.31. The van der Waals surface area contributed by atoms with Crippen molar-refractivity contribution < 1.29 is 19.1 Å². The number of hydrogen-bond acceptors (Lipinski definition) is 7. The molecule has 188 valence electrons. The molecule has 4 aromatic rings. The third-order valence-corrected chi connectivity index (χ3v) is 6.70. The van der Waals surface area contributed by atoms with Crippen LogP contribution in [0.2, 0.25) is 0 Å². The van der Waals surface area contributed by atoms with E-state index in [-0.39, 0.29) is 24.1 Å². The third kappa shape index (κ3) is 5.14. The van der Waals surface area contributed by atoms with E-state index in [2.05, 4.69) is 15.5 Å². The Morgan fingerprint density at radius 2 is 1.73 bits per heavy atom. The first kappa shape index (κ1) is 24.4. The van der Waals surface area contributed by atoms with Crippen LogP contribution in [0, 0.1) is 0 Å². The van der Waals surface area contributed by atoms with Crippen molar-refractivity contribution in [2.45, 2.75) is 12.1 Å². The highest BCUT2D eigenvalue weighted by Crippen LogP contribution is 2.32. The SMILES string of the molecule is CCOc1ccc(-n2c(SCC(=O)N3CC(=O)Nc4ccccc43)nnc2-c2ccc(OC)cc2)cc1. The summed E-state index contributed by atoms with van der Waals surface area (Å²) < 4.78 is 12.8. The maximum absolute atomic E-state index is 13.2. The highest BCUT2D eigenvalue weighted by atomic mass is 32.2. The molecule has 37 heavy (non-hydrogen) atoms. The fourth-order valence-corrected chi connectivity index (χ4v) is 4.87. The average Bonchev–Trinajstić information content (AvgIpc) is 3.35. The molecule has 9 nitrogen and oxygen atoms in total. The van der Waals surface area contributed by atoms with Crippen molar-refractivity contribution in [3.05, 3.63) is 72.8 Å². The predicted octanol–water partition coefficient (Wildman–Crippen LogP) is 4.42. The van der Waals surface area contributed by atoms with Crippen LogP contribution >= 0.6 is 11.8 Å². The number of aromatic nitrogens is 3. The van der Waals surface area contributed by atoms with Crippen LogP contribution in [-0.4, -0.2) is 52.6 Å². The lowest BCUT2D eigenvalue weighted by atomic mass is 10.2. The van der Waals surface area contributed by atoms with Gasteiger partial charge < -0.3 is 19.7 Å². The Kier molecular flexibility index (Phi) is 7.09. The minimum atomic E-state index is -0.226. The van der Waals surface area contributed by atoms with Crippen LogP contribution in [0.5, 0.6) is 11.5 Å². The Bertz CT molecular complexity index is 1420. The Balaban J connectivity index is 1.45. The van der Waals surface area contributed by atoms with Gasteiger partial charge in [0.25, 0.3) is 0 Å². The molecule has 1 aromatic heterocycles. The van der Waals surface area contributed by atoms with E-state index in [9.17, 15) is 9.59 Å². The normalized spacial score (nSPS) is 12.6. The van der Waals surface area contributed by atoms with Gasteiger partial charge in [-0.15, -0.1) is 10.2 Å². The van der Waals surface area contributed by atoms with Crippen LogP contribution < -0.4 is 19.7 Å². The fourth-order valence-electron chi connectivity index (χ4n) is 4.04. The van der Waals surface area contributed by atoms with Gasteiger partial charge in [-0.1, -0.05) is 23.9 Å². The highest BCUT2D eigenvalue weighted by Gasteiger charge is 2.27. The number of nitrogens with one attached hydrogen (secondary N) is 1. The zero-order valence-electron chi connectivity index (χ0n) is 20.4. The lowest BCUT2D eigenvalue weighted by molar-refractivity contribution is -0.120. The predicted molar refractivity (Wildman–Crippen MR) is 143 cm³/mol. The van der Waals surface area contributed by atoms with Gasteiger partial charge in [0.2, 0.25) is 11.8 Å². The summed E-state index contributed by atoms with van der Waals surface area (Å²) in [5.74, 6) is 1.79. The molecule has 0 bridgehead atoms. The molecule has 2 amide bonds. The van der Waals surface area contributed by atoms with Crippen LogP contribution in [0.25, 0.3) is 17.1 Å². The molecule has 0 unspecified atom stereocenters. The number of anilines is 2. The van der Waals surface area contributed by atoms with Crippen molar-refractivity contribution in [2.24, 2.45) is 0 Å². The zero-order chi connectivity index (χ0) is 25.8. The molecule has 0 radical (unpaired) electrons. The summed E-state index contributed by atoms with van der Waals surface area (Å²) in [6.07, 6.45) is 0. The quantitative estimate of drug-likeness (QED) is 0.347. The van der Waals surface area contributed by atoms with Crippen molar-refractivity contribution in [1.29, 1.82) is 0 Å². The summed E-state index contributed by atoms with van der Waals surface area (Å²) in [6, 6.07) is 22.5. The number of thioether (sulfide) groups is 1. The van der Waals surface area contributed by atoms with Gasteiger partial charge >= 0.3 is 0 Å². The molecule has 1 N–H and O–H groups in total. The second kappa shape index (κ2) is 10.8. The van der Waals surface area contributed by atoms with Crippen LogP contribution in [0.3, 0.4) is 0 Å². The lowest BCUT2D eigenvalue weighted by Gasteiger charge is -2.29. The van der Waals surface area contributed by atoms with Crippen molar-refractivity contribution in [1.82, 2.24) is 14.8 Å². The van der Waals surface area contributed by atoms with E-state index >= 15 is 0 Å². The average molecular weight is 516 g/mol. The molecule has 0 spiro atoms. The first-order valence-corrected chi connectivity index (χ1v) is 12.7. The van der Waals surface area contributed by atoms with E-state index in [0.717, 1.165) is 22.7 Å². The standard InChI is InChI=1S/C27H25N5O4S/c1-3-36-21-14-10-19(11-15-21)32-26(18-8-12-20(35-2)13-9-18)29-30-27(32)37-17-25(34)31-16-24(33)28-22-6-4-5-7-23(22)31/h4-15H,3,16-17H2,1-2H3,(H,28,33). The molecule has 0 saturated heterocycles. The Morgan fingerprint density at radius 1 is 1.00 bits per heavy atom. The minimum Gasteiger partial charge on any atom is -0.497 e. The number of amides is 2. The summed E-state index contributed by atoms with van der Waals surface area (Å²) in [4.78, 5) is 26.9. The highest BCUT2D eigenvalue weighted by molar-refractivity contribution is 7.99. The van der Waals surface area contributed by atoms with Crippen molar-refractivity contribution >= 4 is 35.0 Å². The number of rotatable bonds is 8. The topological polar surface area (TPSA) is 98.6 Å². The van der Waals surface area contributed by atoms with Gasteiger partial charge in [0.15, 0.2) is 11.0 Å². The summed E-state index contributed by atoms with van der Waals surface area (Å²) >= 11 is 1.27. The van der Waals surface area contributed by atoms with E-state index < -0.39 is 0 Å². The number of methoxy groups -OCH3 is 1. The molecule has 1 aliphatic heterocycles. The minimum absolute atomic E-state index is 0.0287. The molecular weight excluding hydrogens is 490 g/mol. The fraction of sp³-hybridized carbons (Fsp3) is 0.185. The van der Waals surface area contributed by atoms with E-state index in [0.29, 0.717) is 29.0 Å². The van der Waals surface area contributed by atoms with Crippen molar-refractivity contribution in [3.63, 3.8) is 0 Å². The van der Waals surface area contributed by atoms with Gasteiger partial charge in [0, 0.05) is 11.3 Å². The second-order valence-electron chi connectivity index (χ2n) is 8.13. The maximum atomic E-state index is 13.2. The van der Waals surface area contributed by atoms with Gasteiger partial charge in [0.05, 0.1) is 30.8 Å². The number of benzene rings is 3. The molecule has 0 atom stereocenters. The number of carbonyl (C=O) groups excluding carboxylic acids is 2. The van der Waals surface area contributed by atoms with Gasteiger partial charge in [0.1, 0.15) is 18.0 Å². The first-order chi connectivity index (χ1) is 18.1. The van der Waals surface area contributed by atoms with Crippen molar-refractivity contribution in [2.75, 3.05) is 36.2 Å². The van der Waals surface area contributed by atoms with E-state index in [1.807, 2.05) is 78.2 Å². The molecular formula is C27H25N5O4S. The summed E-state index contributed by atoms with van der Waals surface area (Å²) in [5, 5.41) is 12.2. The molecule has 0 saturated carbocycles. The number of para-hydroxylation sites is 2. The van der Waals surface area contributed by atoms with Gasteiger partial charge in [-0.05, 0) is 67.6 Å². The summed E-state index contributed by atoms with van der Waals surface area (Å²) in [6.45, 7) is 2.48. The monoisotopic (exact) mass is 515 g/mol. The lowest BCUT2D eigenvalue weighted by Crippen LogP contribution is -2.43. The largest absolute Gasteiger partial charge is 0.497 e. The first-order valence-electron chi connectivity index (χ1n) is 11.7. The summed E-state index contributed by atoms with van der Waals surface area (Å²) in [7, 11) is 1.62. The smallest absolute Gasteiger partial charge is 0.244 e. The number of ether oxygens (including phenoxy) is 2. The summed E-state index contributed by atoms with van der Waals surface area (Å²) in [5.41, 5.74) is 2.98. The molecule has 2 heterocycles. The van der Waals surface area contributed by atoms with Crippen LogP contribution in [0.1, 0.15) is 6.92 Å². The van der Waals surface area contributed by atoms with E-state index in [4.69, 9.17) is 9.47 Å². The second-order valence-corrected chi connectivity index (χ2v) is 9.07. The Morgan fingerprint density at radius 3 is 2.46 bits per heavy atom. The third-order valence-electron chi connectivity index (χ3n) is 5.78.